The number of piperidine rings is 1. The highest BCUT2D eigenvalue weighted by Gasteiger charge is 2.37. The summed E-state index contributed by atoms with van der Waals surface area (Å²) in [5.74, 6) is 0. The van der Waals surface area contributed by atoms with Crippen molar-refractivity contribution in [2.24, 2.45) is 0 Å². The monoisotopic (exact) mass is 225 g/mol. The van der Waals surface area contributed by atoms with E-state index in [-0.39, 0.29) is 0 Å². The second-order valence-electron chi connectivity index (χ2n) is 5.04. The normalized spacial score (nSPS) is 31.4. The minimum atomic E-state index is -0.420. The summed E-state index contributed by atoms with van der Waals surface area (Å²) in [4.78, 5) is 14.4. The first-order valence-corrected chi connectivity index (χ1v) is 6.11. The fraction of sp³-hybridized carbons (Fsp3) is 0.833. The SMILES string of the molecule is CN(C=O)C[C@H](O)CN1[C@@H]2C[CH]C[C@H]1CC2. The number of nitrogens with zero attached hydrogens (tertiary/aromatic N) is 2. The van der Waals surface area contributed by atoms with Crippen LogP contribution in [0.3, 0.4) is 0 Å². The minimum Gasteiger partial charge on any atom is -0.390 e. The number of likely N-dealkylation sites (N-methyl/N-ethyl adjacent to an activating group) is 1. The van der Waals surface area contributed by atoms with Crippen LogP contribution >= 0.6 is 0 Å². The predicted molar refractivity (Wildman–Crippen MR) is 61.8 cm³/mol. The van der Waals surface area contributed by atoms with E-state index >= 15 is 0 Å². The van der Waals surface area contributed by atoms with Crippen molar-refractivity contribution in [3.63, 3.8) is 0 Å². The van der Waals surface area contributed by atoms with Gasteiger partial charge in [0.15, 0.2) is 0 Å². The summed E-state index contributed by atoms with van der Waals surface area (Å²) in [6.07, 6.45) is 7.56. The number of rotatable bonds is 5. The average molecular weight is 225 g/mol. The lowest BCUT2D eigenvalue weighted by atomic mass is 10.0. The smallest absolute Gasteiger partial charge is 0.209 e. The van der Waals surface area contributed by atoms with Gasteiger partial charge in [0.2, 0.25) is 6.41 Å². The second-order valence-corrected chi connectivity index (χ2v) is 5.04. The molecule has 0 aliphatic carbocycles. The molecule has 2 fully saturated rings. The molecule has 2 aliphatic heterocycles. The zero-order valence-electron chi connectivity index (χ0n) is 9.88. The molecule has 2 heterocycles. The first kappa shape index (κ1) is 11.9. The van der Waals surface area contributed by atoms with Crippen LogP contribution < -0.4 is 0 Å². The van der Waals surface area contributed by atoms with Gasteiger partial charge in [0, 0.05) is 32.2 Å². The van der Waals surface area contributed by atoms with Crippen LogP contribution in [0.25, 0.3) is 0 Å². The summed E-state index contributed by atoms with van der Waals surface area (Å²) < 4.78 is 0. The highest BCUT2D eigenvalue weighted by atomic mass is 16.3. The van der Waals surface area contributed by atoms with Crippen LogP contribution in [0.5, 0.6) is 0 Å². The molecule has 0 aromatic rings. The Labute approximate surface area is 97.2 Å². The number of aliphatic hydroxyl groups is 1. The summed E-state index contributed by atoms with van der Waals surface area (Å²) in [6, 6.07) is 1.27. The zero-order valence-corrected chi connectivity index (χ0v) is 9.88. The third-order valence-electron chi connectivity index (χ3n) is 3.75. The quantitative estimate of drug-likeness (QED) is 0.683. The second kappa shape index (κ2) is 5.15. The molecule has 0 unspecified atom stereocenters. The van der Waals surface area contributed by atoms with Crippen LogP contribution in [-0.2, 0) is 4.79 Å². The molecule has 2 aliphatic rings. The minimum absolute atomic E-state index is 0.420. The molecule has 0 spiro atoms. The van der Waals surface area contributed by atoms with Gasteiger partial charge in [-0.25, -0.2) is 0 Å². The van der Waals surface area contributed by atoms with Gasteiger partial charge in [-0.2, -0.15) is 0 Å². The van der Waals surface area contributed by atoms with Crippen molar-refractivity contribution in [1.82, 2.24) is 9.80 Å². The Bertz CT molecular complexity index is 231. The lowest BCUT2D eigenvalue weighted by Gasteiger charge is -2.36. The topological polar surface area (TPSA) is 43.8 Å². The maximum Gasteiger partial charge on any atom is 0.209 e. The van der Waals surface area contributed by atoms with Gasteiger partial charge in [-0.15, -0.1) is 0 Å². The van der Waals surface area contributed by atoms with E-state index < -0.39 is 6.10 Å². The van der Waals surface area contributed by atoms with E-state index in [1.807, 2.05) is 0 Å². The highest BCUT2D eigenvalue weighted by Crippen LogP contribution is 2.34. The summed E-state index contributed by atoms with van der Waals surface area (Å²) in [5, 5.41) is 9.91. The zero-order chi connectivity index (χ0) is 11.5. The van der Waals surface area contributed by atoms with Crippen LogP contribution in [0.1, 0.15) is 25.7 Å². The van der Waals surface area contributed by atoms with Crippen molar-refractivity contribution in [2.45, 2.75) is 43.9 Å². The molecule has 1 amide bonds. The van der Waals surface area contributed by atoms with Gasteiger partial charge >= 0.3 is 0 Å². The van der Waals surface area contributed by atoms with Crippen molar-refractivity contribution in [3.05, 3.63) is 6.42 Å². The van der Waals surface area contributed by atoms with E-state index in [0.29, 0.717) is 25.2 Å². The summed E-state index contributed by atoms with van der Waals surface area (Å²) >= 11 is 0. The van der Waals surface area contributed by atoms with Crippen LogP contribution in [0, 0.1) is 6.42 Å². The average Bonchev–Trinajstić information content (AvgIpc) is 2.52. The number of carbonyl (C=O) groups is 1. The number of carbonyl (C=O) groups excluding carboxylic acids is 1. The van der Waals surface area contributed by atoms with Gasteiger partial charge in [0.1, 0.15) is 0 Å². The summed E-state index contributed by atoms with van der Waals surface area (Å²) in [5.41, 5.74) is 0. The first-order chi connectivity index (χ1) is 7.70. The van der Waals surface area contributed by atoms with Gasteiger partial charge < -0.3 is 10.0 Å². The van der Waals surface area contributed by atoms with Gasteiger partial charge in [0.05, 0.1) is 6.10 Å². The molecular formula is C12H21N2O2. The molecule has 0 saturated carbocycles. The van der Waals surface area contributed by atoms with Crippen LogP contribution in [0.4, 0.5) is 0 Å². The lowest BCUT2D eigenvalue weighted by Crippen LogP contribution is -2.46. The van der Waals surface area contributed by atoms with Crippen molar-refractivity contribution in [2.75, 3.05) is 20.1 Å². The number of amides is 1. The maximum atomic E-state index is 10.5. The molecule has 2 rings (SSSR count). The van der Waals surface area contributed by atoms with E-state index in [1.54, 1.807) is 7.05 Å². The fourth-order valence-corrected chi connectivity index (χ4v) is 2.98. The number of hydrogen-bond donors (Lipinski definition) is 1. The van der Waals surface area contributed by atoms with Crippen LogP contribution in [0.15, 0.2) is 0 Å². The van der Waals surface area contributed by atoms with E-state index in [0.717, 1.165) is 19.3 Å². The Hall–Kier alpha value is -0.610. The molecule has 91 valence electrons. The number of hydrogen-bond acceptors (Lipinski definition) is 3. The van der Waals surface area contributed by atoms with Crippen LogP contribution in [0.2, 0.25) is 0 Å². The van der Waals surface area contributed by atoms with Crippen LogP contribution in [-0.4, -0.2) is 59.6 Å². The molecule has 0 aromatic heterocycles. The number of aliphatic hydroxyl groups excluding tert-OH is 1. The van der Waals surface area contributed by atoms with E-state index in [9.17, 15) is 9.90 Å². The van der Waals surface area contributed by atoms with Crippen molar-refractivity contribution >= 4 is 6.41 Å². The molecule has 1 radical (unpaired) electrons. The fourth-order valence-electron chi connectivity index (χ4n) is 2.98. The number of fused-ring (bicyclic) bond motifs is 2. The molecule has 4 nitrogen and oxygen atoms in total. The molecule has 16 heavy (non-hydrogen) atoms. The Morgan fingerprint density at radius 1 is 1.50 bits per heavy atom. The highest BCUT2D eigenvalue weighted by molar-refractivity contribution is 5.46. The molecule has 4 heteroatoms. The third-order valence-corrected chi connectivity index (χ3v) is 3.75. The molecule has 3 atom stereocenters. The Morgan fingerprint density at radius 3 is 2.69 bits per heavy atom. The van der Waals surface area contributed by atoms with Gasteiger partial charge in [0.25, 0.3) is 0 Å². The van der Waals surface area contributed by atoms with Crippen molar-refractivity contribution in [1.29, 1.82) is 0 Å². The Morgan fingerprint density at radius 2 is 2.12 bits per heavy atom. The summed E-state index contributed by atoms with van der Waals surface area (Å²) in [6.45, 7) is 1.14. The molecule has 0 aromatic carbocycles. The Balaban J connectivity index is 1.82. The first-order valence-electron chi connectivity index (χ1n) is 6.11. The van der Waals surface area contributed by atoms with E-state index in [1.165, 1.54) is 17.7 Å². The van der Waals surface area contributed by atoms with Gasteiger partial charge in [-0.1, -0.05) is 0 Å². The predicted octanol–water partition coefficient (Wildman–Crippen LogP) is 0.267. The van der Waals surface area contributed by atoms with E-state index in [4.69, 9.17) is 0 Å². The standard InChI is InChI=1S/C12H21N2O2/c1-13(9-15)7-12(16)8-14-10-3-2-4-11(14)6-5-10/h2,9-12,16H,3-8H2,1H3/t10-,11+,12-/m0/s1. The lowest BCUT2D eigenvalue weighted by molar-refractivity contribution is -0.118. The molecular weight excluding hydrogens is 204 g/mol. The van der Waals surface area contributed by atoms with Crippen molar-refractivity contribution in [3.8, 4) is 0 Å². The van der Waals surface area contributed by atoms with Gasteiger partial charge in [-0.3, -0.25) is 9.69 Å². The Kier molecular flexibility index (Phi) is 3.82. The molecule has 1 N–H and O–H groups in total. The molecule has 2 saturated heterocycles. The van der Waals surface area contributed by atoms with Crippen molar-refractivity contribution < 1.29 is 9.90 Å². The van der Waals surface area contributed by atoms with E-state index in [2.05, 4.69) is 11.3 Å². The molecule has 2 bridgehead atoms. The third kappa shape index (κ3) is 2.55. The summed E-state index contributed by atoms with van der Waals surface area (Å²) in [7, 11) is 1.70. The van der Waals surface area contributed by atoms with Gasteiger partial charge in [-0.05, 0) is 32.1 Å². The largest absolute Gasteiger partial charge is 0.390 e. The maximum absolute atomic E-state index is 10.5.